The summed E-state index contributed by atoms with van der Waals surface area (Å²) in [6, 6.07) is 6.04. The van der Waals surface area contributed by atoms with Gasteiger partial charge in [-0.05, 0) is 42.7 Å². The van der Waals surface area contributed by atoms with Gasteiger partial charge in [0.25, 0.3) is 0 Å². The van der Waals surface area contributed by atoms with Crippen molar-refractivity contribution >= 4 is 45.8 Å². The van der Waals surface area contributed by atoms with Gasteiger partial charge in [0.2, 0.25) is 15.9 Å². The van der Waals surface area contributed by atoms with Crippen LogP contribution in [0.2, 0.25) is 0 Å². The number of amides is 1. The molecule has 1 amide bonds. The minimum atomic E-state index is -3.67. The fourth-order valence-electron chi connectivity index (χ4n) is 2.63. The molecule has 142 valence electrons. The molecule has 4 N–H and O–H groups in total. The molecular formula is C15H25ClN4O3S2. The number of nitrogens with two attached hydrogens (primary N) is 2. The summed E-state index contributed by atoms with van der Waals surface area (Å²) in [4.78, 5) is 16.3. The van der Waals surface area contributed by atoms with Crippen molar-refractivity contribution in [2.45, 2.75) is 17.4 Å². The highest BCUT2D eigenvalue weighted by Gasteiger charge is 2.25. The fourth-order valence-corrected chi connectivity index (χ4v) is 3.64. The van der Waals surface area contributed by atoms with Crippen molar-refractivity contribution < 1.29 is 13.2 Å². The molecule has 0 bridgehead atoms. The van der Waals surface area contributed by atoms with Gasteiger partial charge in [0, 0.05) is 31.9 Å². The summed E-state index contributed by atoms with van der Waals surface area (Å²) < 4.78 is 22.6. The lowest BCUT2D eigenvalue weighted by Gasteiger charge is -2.37. The quantitative estimate of drug-likeness (QED) is 0.708. The molecule has 10 heteroatoms. The molecule has 0 saturated carbocycles. The lowest BCUT2D eigenvalue weighted by molar-refractivity contribution is -0.132. The Morgan fingerprint density at radius 2 is 1.76 bits per heavy atom. The van der Waals surface area contributed by atoms with Crippen LogP contribution in [0.1, 0.15) is 6.42 Å². The average molecular weight is 409 g/mol. The number of hydrogen-bond donors (Lipinski definition) is 2. The molecular weight excluding hydrogens is 384 g/mol. The number of rotatable bonds is 6. The fraction of sp³-hybridized carbons (Fsp3) is 0.533. The van der Waals surface area contributed by atoms with E-state index in [0.717, 1.165) is 11.4 Å². The summed E-state index contributed by atoms with van der Waals surface area (Å²) in [5, 5.41) is 5.10. The summed E-state index contributed by atoms with van der Waals surface area (Å²) in [5.74, 6) is 0.886. The highest BCUT2D eigenvalue weighted by atomic mass is 35.5. The number of primary sulfonamides is 1. The van der Waals surface area contributed by atoms with Gasteiger partial charge in [0.15, 0.2) is 0 Å². The Kier molecular flexibility index (Phi) is 8.49. The number of anilines is 1. The SMILES string of the molecule is CSCC[C@H](N)C(=O)N1CCN(c2ccc(S(N)(=O)=O)cc2)CC1.Cl. The summed E-state index contributed by atoms with van der Waals surface area (Å²) in [6.45, 7) is 2.61. The van der Waals surface area contributed by atoms with Crippen molar-refractivity contribution in [1.29, 1.82) is 0 Å². The zero-order valence-corrected chi connectivity index (χ0v) is 16.6. The molecule has 0 aromatic heterocycles. The topological polar surface area (TPSA) is 110 Å². The number of piperazine rings is 1. The molecule has 1 heterocycles. The van der Waals surface area contributed by atoms with Crippen molar-refractivity contribution in [1.82, 2.24) is 4.90 Å². The van der Waals surface area contributed by atoms with E-state index in [-0.39, 0.29) is 23.2 Å². The second-order valence-corrected chi connectivity index (χ2v) is 8.29. The van der Waals surface area contributed by atoms with Crippen molar-refractivity contribution in [3.63, 3.8) is 0 Å². The smallest absolute Gasteiger partial charge is 0.239 e. The molecule has 1 fully saturated rings. The van der Waals surface area contributed by atoms with E-state index < -0.39 is 16.1 Å². The maximum absolute atomic E-state index is 12.3. The van der Waals surface area contributed by atoms with Crippen molar-refractivity contribution in [2.24, 2.45) is 10.9 Å². The molecule has 0 unspecified atom stereocenters. The van der Waals surface area contributed by atoms with Crippen LogP contribution in [0.15, 0.2) is 29.2 Å². The third kappa shape index (κ3) is 6.03. The Hall–Kier alpha value is -1.00. The Morgan fingerprint density at radius 1 is 1.20 bits per heavy atom. The third-order valence-electron chi connectivity index (χ3n) is 4.07. The second kappa shape index (κ2) is 9.63. The molecule has 1 aromatic carbocycles. The Labute approximate surface area is 159 Å². The predicted molar refractivity (Wildman–Crippen MR) is 105 cm³/mol. The van der Waals surface area contributed by atoms with Gasteiger partial charge in [-0.15, -0.1) is 12.4 Å². The first-order chi connectivity index (χ1) is 11.3. The van der Waals surface area contributed by atoms with Crippen LogP contribution in [-0.4, -0.2) is 63.5 Å². The van der Waals surface area contributed by atoms with E-state index in [2.05, 4.69) is 4.90 Å². The molecule has 1 aliphatic rings. The molecule has 1 aromatic rings. The largest absolute Gasteiger partial charge is 0.368 e. The second-order valence-electron chi connectivity index (χ2n) is 5.74. The number of carbonyl (C=O) groups excluding carboxylic acids is 1. The van der Waals surface area contributed by atoms with E-state index in [1.807, 2.05) is 6.26 Å². The average Bonchev–Trinajstić information content (AvgIpc) is 2.58. The molecule has 0 spiro atoms. The van der Waals surface area contributed by atoms with E-state index in [4.69, 9.17) is 10.9 Å². The van der Waals surface area contributed by atoms with Gasteiger partial charge in [-0.2, -0.15) is 11.8 Å². The summed E-state index contributed by atoms with van der Waals surface area (Å²) in [7, 11) is -3.67. The van der Waals surface area contributed by atoms with E-state index in [9.17, 15) is 13.2 Å². The maximum Gasteiger partial charge on any atom is 0.239 e. The highest BCUT2D eigenvalue weighted by molar-refractivity contribution is 7.98. The van der Waals surface area contributed by atoms with Gasteiger partial charge < -0.3 is 15.5 Å². The molecule has 2 rings (SSSR count). The molecule has 1 saturated heterocycles. The van der Waals surface area contributed by atoms with Gasteiger partial charge in [-0.1, -0.05) is 0 Å². The number of thioether (sulfide) groups is 1. The number of carbonyl (C=O) groups is 1. The summed E-state index contributed by atoms with van der Waals surface area (Å²) >= 11 is 1.68. The number of nitrogens with zero attached hydrogens (tertiary/aromatic N) is 2. The van der Waals surface area contributed by atoms with Crippen LogP contribution in [-0.2, 0) is 14.8 Å². The standard InChI is InChI=1S/C15H24N4O3S2.ClH/c1-23-11-6-14(16)15(20)19-9-7-18(8-10-19)12-2-4-13(5-3-12)24(17,21)22;/h2-5,14H,6-11,16H2,1H3,(H2,17,21,22);1H/t14-;/m0./s1. The van der Waals surface area contributed by atoms with Crippen LogP contribution >= 0.6 is 24.2 Å². The van der Waals surface area contributed by atoms with Gasteiger partial charge in [-0.3, -0.25) is 4.79 Å². The Balaban J connectivity index is 0.00000312. The first kappa shape index (κ1) is 22.0. The van der Waals surface area contributed by atoms with Gasteiger partial charge in [0.05, 0.1) is 10.9 Å². The highest BCUT2D eigenvalue weighted by Crippen LogP contribution is 2.19. The Bertz CT molecular complexity index is 662. The normalized spacial score (nSPS) is 16.3. The summed E-state index contributed by atoms with van der Waals surface area (Å²) in [6.07, 6.45) is 2.69. The van der Waals surface area contributed by atoms with Crippen LogP contribution in [0.3, 0.4) is 0 Å². The number of hydrogen-bond acceptors (Lipinski definition) is 6. The van der Waals surface area contributed by atoms with Crippen LogP contribution in [0.5, 0.6) is 0 Å². The van der Waals surface area contributed by atoms with Gasteiger partial charge in [0.1, 0.15) is 0 Å². The maximum atomic E-state index is 12.3. The van der Waals surface area contributed by atoms with Crippen molar-refractivity contribution in [3.05, 3.63) is 24.3 Å². The minimum Gasteiger partial charge on any atom is -0.368 e. The molecule has 25 heavy (non-hydrogen) atoms. The Morgan fingerprint density at radius 3 is 2.24 bits per heavy atom. The van der Waals surface area contributed by atoms with E-state index in [1.54, 1.807) is 28.8 Å². The minimum absolute atomic E-state index is 0. The molecule has 7 nitrogen and oxygen atoms in total. The zero-order chi connectivity index (χ0) is 17.7. The van der Waals surface area contributed by atoms with Crippen LogP contribution in [0.25, 0.3) is 0 Å². The first-order valence-electron chi connectivity index (χ1n) is 7.74. The van der Waals surface area contributed by atoms with Crippen LogP contribution in [0.4, 0.5) is 5.69 Å². The molecule has 0 radical (unpaired) electrons. The lowest BCUT2D eigenvalue weighted by Crippen LogP contribution is -2.53. The molecule has 1 aliphatic heterocycles. The van der Waals surface area contributed by atoms with Crippen LogP contribution in [0, 0.1) is 0 Å². The van der Waals surface area contributed by atoms with Gasteiger partial charge >= 0.3 is 0 Å². The van der Waals surface area contributed by atoms with E-state index in [0.29, 0.717) is 32.6 Å². The summed E-state index contributed by atoms with van der Waals surface area (Å²) in [5.41, 5.74) is 6.87. The van der Waals surface area contributed by atoms with Crippen molar-refractivity contribution in [3.8, 4) is 0 Å². The predicted octanol–water partition coefficient (Wildman–Crippen LogP) is 0.485. The number of sulfonamides is 1. The van der Waals surface area contributed by atoms with Gasteiger partial charge in [-0.25, -0.2) is 13.6 Å². The molecule has 0 aliphatic carbocycles. The van der Waals surface area contributed by atoms with E-state index >= 15 is 0 Å². The number of halogens is 1. The monoisotopic (exact) mass is 408 g/mol. The number of benzene rings is 1. The zero-order valence-electron chi connectivity index (χ0n) is 14.1. The lowest BCUT2D eigenvalue weighted by atomic mass is 10.2. The first-order valence-corrected chi connectivity index (χ1v) is 10.7. The van der Waals surface area contributed by atoms with Crippen LogP contribution < -0.4 is 15.8 Å². The van der Waals surface area contributed by atoms with E-state index in [1.165, 1.54) is 12.1 Å². The third-order valence-corrected chi connectivity index (χ3v) is 5.65. The molecule has 1 atom stereocenters. The van der Waals surface area contributed by atoms with Crippen molar-refractivity contribution in [2.75, 3.05) is 43.1 Å².